The van der Waals surface area contributed by atoms with Crippen molar-refractivity contribution in [2.24, 2.45) is 23.7 Å². The molecule has 2 aliphatic rings. The Morgan fingerprint density at radius 1 is 1.17 bits per heavy atom. The fraction of sp³-hybridized carbons (Fsp3) is 0.789. The molecule has 0 saturated heterocycles. The Hall–Kier alpha value is -1.32. The van der Waals surface area contributed by atoms with E-state index < -0.39 is 0 Å². The molecule has 0 aromatic rings. The number of allylic oxidation sites excluding steroid dienone is 2. The number of carbonyl (C=O) groups is 2. The molecule has 23 heavy (non-hydrogen) atoms. The predicted octanol–water partition coefficient (Wildman–Crippen LogP) is 3.42. The molecule has 0 N–H and O–H groups in total. The van der Waals surface area contributed by atoms with Gasteiger partial charge in [0.25, 0.3) is 0 Å². The van der Waals surface area contributed by atoms with Crippen LogP contribution in [0.15, 0.2) is 12.2 Å². The fourth-order valence-electron chi connectivity index (χ4n) is 3.80. The van der Waals surface area contributed by atoms with Gasteiger partial charge < -0.3 is 9.64 Å². The van der Waals surface area contributed by atoms with Crippen LogP contribution in [0.25, 0.3) is 0 Å². The molecule has 130 valence electrons. The first kappa shape index (κ1) is 18.0. The van der Waals surface area contributed by atoms with Crippen LogP contribution in [-0.4, -0.2) is 36.0 Å². The highest BCUT2D eigenvalue weighted by atomic mass is 16.5. The average Bonchev–Trinajstić information content (AvgIpc) is 3.12. The lowest BCUT2D eigenvalue weighted by atomic mass is 9.91. The molecule has 4 unspecified atom stereocenters. The summed E-state index contributed by atoms with van der Waals surface area (Å²) in [5, 5.41) is 0. The maximum Gasteiger partial charge on any atom is 0.306 e. The molecule has 4 atom stereocenters. The van der Waals surface area contributed by atoms with Gasteiger partial charge in [-0.25, -0.2) is 0 Å². The van der Waals surface area contributed by atoms with E-state index in [0.717, 1.165) is 12.5 Å². The van der Waals surface area contributed by atoms with Crippen LogP contribution in [0.1, 0.15) is 53.4 Å². The molecule has 4 heteroatoms. The molecule has 4 nitrogen and oxygen atoms in total. The third kappa shape index (κ3) is 4.58. The van der Waals surface area contributed by atoms with Crippen molar-refractivity contribution < 1.29 is 14.3 Å². The van der Waals surface area contributed by atoms with Gasteiger partial charge in [0.15, 0.2) is 0 Å². The lowest BCUT2D eigenvalue weighted by Gasteiger charge is -2.35. The minimum absolute atomic E-state index is 0.0889. The fourth-order valence-corrected chi connectivity index (χ4v) is 3.80. The number of esters is 1. The summed E-state index contributed by atoms with van der Waals surface area (Å²) in [7, 11) is 0. The minimum Gasteiger partial charge on any atom is -0.466 e. The molecular weight excluding hydrogens is 290 g/mol. The van der Waals surface area contributed by atoms with Crippen molar-refractivity contribution in [3.05, 3.63) is 12.2 Å². The van der Waals surface area contributed by atoms with Crippen LogP contribution in [0.3, 0.4) is 0 Å². The first-order valence-corrected chi connectivity index (χ1v) is 9.05. The van der Waals surface area contributed by atoms with Crippen LogP contribution >= 0.6 is 0 Å². The number of nitrogens with zero attached hydrogens (tertiary/aromatic N) is 1. The van der Waals surface area contributed by atoms with Crippen LogP contribution in [0.4, 0.5) is 0 Å². The first-order chi connectivity index (χ1) is 10.9. The Balaban J connectivity index is 1.95. The second-order valence-corrected chi connectivity index (χ2v) is 7.38. The quantitative estimate of drug-likeness (QED) is 0.508. The second kappa shape index (κ2) is 7.98. The summed E-state index contributed by atoms with van der Waals surface area (Å²) in [5.41, 5.74) is 0. The monoisotopic (exact) mass is 321 g/mol. The summed E-state index contributed by atoms with van der Waals surface area (Å²) in [5.74, 6) is 2.16. The Bertz CT molecular complexity index is 458. The normalized spacial score (nSPS) is 26.6. The summed E-state index contributed by atoms with van der Waals surface area (Å²) in [6.07, 6.45) is 7.57. The zero-order chi connectivity index (χ0) is 17.0. The van der Waals surface area contributed by atoms with Crippen molar-refractivity contribution in [3.63, 3.8) is 0 Å². The smallest absolute Gasteiger partial charge is 0.306 e. The molecule has 0 aliphatic heterocycles. The lowest BCUT2D eigenvalue weighted by Crippen LogP contribution is -2.45. The number of hydrogen-bond donors (Lipinski definition) is 0. The highest BCUT2D eigenvalue weighted by Gasteiger charge is 2.38. The Kier molecular flexibility index (Phi) is 6.25. The Morgan fingerprint density at radius 3 is 2.43 bits per heavy atom. The van der Waals surface area contributed by atoms with E-state index in [-0.39, 0.29) is 30.8 Å². The van der Waals surface area contributed by atoms with Gasteiger partial charge in [0.2, 0.25) is 5.91 Å². The maximum absolute atomic E-state index is 12.7. The van der Waals surface area contributed by atoms with E-state index in [1.807, 2.05) is 4.90 Å². The molecule has 0 spiro atoms. The van der Waals surface area contributed by atoms with Crippen LogP contribution in [-0.2, 0) is 14.3 Å². The molecule has 2 bridgehead atoms. The van der Waals surface area contributed by atoms with Crippen molar-refractivity contribution >= 4 is 11.9 Å². The molecule has 0 heterocycles. The zero-order valence-electron chi connectivity index (χ0n) is 15.0. The summed E-state index contributed by atoms with van der Waals surface area (Å²) in [6, 6.07) is 0.202. The molecule has 2 rings (SSSR count). The number of carbonyl (C=O) groups excluding carboxylic acids is 2. The highest BCUT2D eigenvalue weighted by molar-refractivity contribution is 5.81. The predicted molar refractivity (Wildman–Crippen MR) is 90.7 cm³/mol. The van der Waals surface area contributed by atoms with Gasteiger partial charge in [-0.05, 0) is 50.4 Å². The molecule has 0 radical (unpaired) electrons. The van der Waals surface area contributed by atoms with Crippen molar-refractivity contribution in [2.45, 2.75) is 59.4 Å². The molecule has 1 saturated carbocycles. The number of ether oxygens (including phenoxy) is 1. The van der Waals surface area contributed by atoms with E-state index in [1.54, 1.807) is 6.92 Å². The molecule has 1 amide bonds. The third-order valence-corrected chi connectivity index (χ3v) is 5.47. The highest BCUT2D eigenvalue weighted by Crippen LogP contribution is 2.44. The van der Waals surface area contributed by atoms with E-state index in [4.69, 9.17) is 4.74 Å². The van der Waals surface area contributed by atoms with E-state index in [0.29, 0.717) is 24.4 Å². The maximum atomic E-state index is 12.7. The topological polar surface area (TPSA) is 46.6 Å². The van der Waals surface area contributed by atoms with Gasteiger partial charge in [-0.1, -0.05) is 26.0 Å². The number of amides is 1. The first-order valence-electron chi connectivity index (χ1n) is 9.05. The Morgan fingerprint density at radius 2 is 1.91 bits per heavy atom. The summed E-state index contributed by atoms with van der Waals surface area (Å²) < 4.78 is 4.93. The van der Waals surface area contributed by atoms with Crippen molar-refractivity contribution in [3.8, 4) is 0 Å². The van der Waals surface area contributed by atoms with Crippen LogP contribution < -0.4 is 0 Å². The van der Waals surface area contributed by atoms with Crippen molar-refractivity contribution in [1.82, 2.24) is 4.90 Å². The SMILES string of the molecule is CCOC(=O)CCC(=O)N(CC1CC2C=CC1C2)C(C)C(C)C. The van der Waals surface area contributed by atoms with Crippen molar-refractivity contribution in [2.75, 3.05) is 13.2 Å². The zero-order valence-corrected chi connectivity index (χ0v) is 15.0. The molecule has 0 aromatic carbocycles. The minimum atomic E-state index is -0.277. The summed E-state index contributed by atoms with van der Waals surface area (Å²) in [4.78, 5) is 26.2. The van der Waals surface area contributed by atoms with Crippen molar-refractivity contribution in [1.29, 1.82) is 0 Å². The van der Waals surface area contributed by atoms with Crippen LogP contribution in [0.5, 0.6) is 0 Å². The average molecular weight is 321 g/mol. The van der Waals surface area contributed by atoms with Crippen LogP contribution in [0.2, 0.25) is 0 Å². The molecule has 1 fully saturated rings. The van der Waals surface area contributed by atoms with E-state index in [9.17, 15) is 9.59 Å². The molecular formula is C19H31NO3. The third-order valence-electron chi connectivity index (χ3n) is 5.47. The largest absolute Gasteiger partial charge is 0.466 e. The molecule has 2 aliphatic carbocycles. The number of fused-ring (bicyclic) bond motifs is 2. The molecule has 0 aromatic heterocycles. The van der Waals surface area contributed by atoms with Gasteiger partial charge in [-0.2, -0.15) is 0 Å². The van der Waals surface area contributed by atoms with Gasteiger partial charge in [-0.3, -0.25) is 9.59 Å². The van der Waals surface area contributed by atoms with Gasteiger partial charge in [0, 0.05) is 19.0 Å². The van der Waals surface area contributed by atoms with Gasteiger partial charge >= 0.3 is 5.97 Å². The summed E-state index contributed by atoms with van der Waals surface area (Å²) in [6.45, 7) is 9.41. The Labute approximate surface area is 140 Å². The van der Waals surface area contributed by atoms with Crippen LogP contribution in [0, 0.1) is 23.7 Å². The van der Waals surface area contributed by atoms with Gasteiger partial charge in [0.1, 0.15) is 0 Å². The lowest BCUT2D eigenvalue weighted by molar-refractivity contribution is -0.146. The van der Waals surface area contributed by atoms with E-state index >= 15 is 0 Å². The van der Waals surface area contributed by atoms with E-state index in [1.165, 1.54) is 12.8 Å². The number of rotatable bonds is 8. The van der Waals surface area contributed by atoms with E-state index in [2.05, 4.69) is 32.9 Å². The van der Waals surface area contributed by atoms with Gasteiger partial charge in [-0.15, -0.1) is 0 Å². The standard InChI is InChI=1S/C19H31NO3/c1-5-23-19(22)9-8-18(21)20(14(4)13(2)3)12-17-11-15-6-7-16(17)10-15/h6-7,13-17H,5,8-12H2,1-4H3. The summed E-state index contributed by atoms with van der Waals surface area (Å²) >= 11 is 0. The number of hydrogen-bond acceptors (Lipinski definition) is 3. The van der Waals surface area contributed by atoms with Gasteiger partial charge in [0.05, 0.1) is 13.0 Å². The second-order valence-electron chi connectivity index (χ2n) is 7.38.